The molecule has 0 atom stereocenters. The average Bonchev–Trinajstić information content (AvgIpc) is 2.51. The van der Waals surface area contributed by atoms with Crippen LogP contribution >= 0.6 is 0 Å². The van der Waals surface area contributed by atoms with E-state index in [1.54, 1.807) is 11.8 Å². The molecule has 1 amide bonds. The van der Waals surface area contributed by atoms with Crippen molar-refractivity contribution in [2.45, 2.75) is 32.2 Å². The topological polar surface area (TPSA) is 109 Å². The molecule has 8 nitrogen and oxygen atoms in total. The molecule has 1 aliphatic rings. The summed E-state index contributed by atoms with van der Waals surface area (Å²) < 4.78 is 10.1. The number of piperidine rings is 1. The fourth-order valence-corrected chi connectivity index (χ4v) is 2.21. The van der Waals surface area contributed by atoms with E-state index in [2.05, 4.69) is 10.3 Å². The molecule has 1 saturated heterocycles. The Morgan fingerprint density at radius 3 is 2.77 bits per heavy atom. The van der Waals surface area contributed by atoms with Crippen LogP contribution in [-0.2, 0) is 9.47 Å². The van der Waals surface area contributed by atoms with Gasteiger partial charge in [0, 0.05) is 32.3 Å². The van der Waals surface area contributed by atoms with E-state index in [1.807, 2.05) is 0 Å². The van der Waals surface area contributed by atoms with Crippen molar-refractivity contribution in [2.24, 2.45) is 10.7 Å². The Labute approximate surface area is 131 Å². The Kier molecular flexibility index (Phi) is 9.33. The van der Waals surface area contributed by atoms with Gasteiger partial charge < -0.3 is 30.5 Å². The highest BCUT2D eigenvalue weighted by molar-refractivity contribution is 5.78. The molecular formula is C14H28N4O4. The Hall–Kier alpha value is -1.54. The number of carbonyl (C=O) groups excluding carboxylic acids is 1. The maximum atomic E-state index is 11.6. The van der Waals surface area contributed by atoms with Gasteiger partial charge in [0.1, 0.15) is 0 Å². The maximum absolute atomic E-state index is 11.6. The third-order valence-electron chi connectivity index (χ3n) is 3.34. The number of likely N-dealkylation sites (tertiary alicyclic amines) is 1. The summed E-state index contributed by atoms with van der Waals surface area (Å²) in [4.78, 5) is 17.5. The summed E-state index contributed by atoms with van der Waals surface area (Å²) in [6.45, 7) is 5.09. The fourth-order valence-electron chi connectivity index (χ4n) is 2.21. The number of amides is 1. The lowest BCUT2D eigenvalue weighted by molar-refractivity contribution is 0.0917. The number of rotatable bonds is 8. The molecule has 0 aromatic heterocycles. The van der Waals surface area contributed by atoms with Crippen LogP contribution in [0.1, 0.15) is 26.2 Å². The summed E-state index contributed by atoms with van der Waals surface area (Å²) in [6.07, 6.45) is 2.18. The van der Waals surface area contributed by atoms with Gasteiger partial charge in [0.2, 0.25) is 0 Å². The van der Waals surface area contributed by atoms with Gasteiger partial charge in [0.05, 0.1) is 19.8 Å². The van der Waals surface area contributed by atoms with Crippen LogP contribution in [-0.4, -0.2) is 74.2 Å². The lowest BCUT2D eigenvalue weighted by Gasteiger charge is -2.31. The van der Waals surface area contributed by atoms with E-state index in [0.29, 0.717) is 45.4 Å². The van der Waals surface area contributed by atoms with Crippen molar-refractivity contribution in [3.05, 3.63) is 0 Å². The second-order valence-electron chi connectivity index (χ2n) is 5.06. The number of aliphatic hydroxyl groups excluding tert-OH is 1. The number of aliphatic imine (C=N–C) groups is 1. The number of ether oxygens (including phenoxy) is 2. The Balaban J connectivity index is 2.15. The Morgan fingerprint density at radius 1 is 1.41 bits per heavy atom. The lowest BCUT2D eigenvalue weighted by Crippen LogP contribution is -2.48. The minimum atomic E-state index is -0.245. The molecule has 1 heterocycles. The van der Waals surface area contributed by atoms with Crippen LogP contribution in [0.25, 0.3) is 0 Å². The SMILES string of the molecule is CCOC(=O)N1CCC(NC(N)=NCCCOCCO)CC1. The molecule has 0 bridgehead atoms. The van der Waals surface area contributed by atoms with Gasteiger partial charge in [0.25, 0.3) is 0 Å². The van der Waals surface area contributed by atoms with E-state index >= 15 is 0 Å². The first-order chi connectivity index (χ1) is 10.7. The van der Waals surface area contributed by atoms with Crippen LogP contribution in [0.15, 0.2) is 4.99 Å². The molecule has 0 aromatic rings. The maximum Gasteiger partial charge on any atom is 0.409 e. The van der Waals surface area contributed by atoms with Crippen LogP contribution in [0.2, 0.25) is 0 Å². The summed E-state index contributed by atoms with van der Waals surface area (Å²) >= 11 is 0. The quantitative estimate of drug-likeness (QED) is 0.328. The van der Waals surface area contributed by atoms with E-state index in [9.17, 15) is 4.79 Å². The number of hydrogen-bond donors (Lipinski definition) is 3. The van der Waals surface area contributed by atoms with Gasteiger partial charge in [-0.3, -0.25) is 4.99 Å². The Morgan fingerprint density at radius 2 is 2.14 bits per heavy atom. The van der Waals surface area contributed by atoms with E-state index in [1.165, 1.54) is 0 Å². The standard InChI is InChI=1S/C14H28N4O4/c1-2-22-14(20)18-7-4-12(5-8-18)17-13(15)16-6-3-10-21-11-9-19/h12,19H,2-11H2,1H3,(H3,15,16,17). The average molecular weight is 316 g/mol. The number of carbonyl (C=O) groups is 1. The van der Waals surface area contributed by atoms with Gasteiger partial charge in [-0.1, -0.05) is 0 Å². The zero-order chi connectivity index (χ0) is 16.2. The molecule has 22 heavy (non-hydrogen) atoms. The molecule has 128 valence electrons. The largest absolute Gasteiger partial charge is 0.450 e. The summed E-state index contributed by atoms with van der Waals surface area (Å²) in [7, 11) is 0. The van der Waals surface area contributed by atoms with Crippen molar-refractivity contribution in [2.75, 3.05) is 46.1 Å². The van der Waals surface area contributed by atoms with Gasteiger partial charge in [-0.05, 0) is 26.2 Å². The number of guanidine groups is 1. The van der Waals surface area contributed by atoms with Gasteiger partial charge in [0.15, 0.2) is 5.96 Å². The van der Waals surface area contributed by atoms with E-state index in [4.69, 9.17) is 20.3 Å². The van der Waals surface area contributed by atoms with E-state index in [-0.39, 0.29) is 18.7 Å². The van der Waals surface area contributed by atoms with Crippen molar-refractivity contribution < 1.29 is 19.4 Å². The number of nitrogens with zero attached hydrogens (tertiary/aromatic N) is 2. The van der Waals surface area contributed by atoms with Crippen molar-refractivity contribution in [3.63, 3.8) is 0 Å². The highest BCUT2D eigenvalue weighted by atomic mass is 16.6. The zero-order valence-electron chi connectivity index (χ0n) is 13.3. The summed E-state index contributed by atoms with van der Waals surface area (Å²) in [5, 5.41) is 11.7. The molecule has 0 radical (unpaired) electrons. The predicted molar refractivity (Wildman–Crippen MR) is 83.8 cm³/mol. The van der Waals surface area contributed by atoms with E-state index in [0.717, 1.165) is 19.3 Å². The lowest BCUT2D eigenvalue weighted by atomic mass is 10.1. The Bertz CT molecular complexity index is 344. The first-order valence-corrected chi connectivity index (χ1v) is 7.84. The third kappa shape index (κ3) is 7.46. The highest BCUT2D eigenvalue weighted by Crippen LogP contribution is 2.11. The predicted octanol–water partition coefficient (Wildman–Crippen LogP) is -0.0894. The molecule has 8 heteroatoms. The van der Waals surface area contributed by atoms with Crippen LogP contribution < -0.4 is 11.1 Å². The summed E-state index contributed by atoms with van der Waals surface area (Å²) in [5.41, 5.74) is 5.84. The van der Waals surface area contributed by atoms with E-state index < -0.39 is 0 Å². The minimum absolute atomic E-state index is 0.0391. The molecule has 0 unspecified atom stereocenters. The monoisotopic (exact) mass is 316 g/mol. The zero-order valence-corrected chi connectivity index (χ0v) is 13.3. The van der Waals surface area contributed by atoms with Gasteiger partial charge >= 0.3 is 6.09 Å². The van der Waals surface area contributed by atoms with Crippen LogP contribution in [0.3, 0.4) is 0 Å². The van der Waals surface area contributed by atoms with Crippen LogP contribution in [0, 0.1) is 0 Å². The third-order valence-corrected chi connectivity index (χ3v) is 3.34. The molecule has 0 spiro atoms. The van der Waals surface area contributed by atoms with Crippen molar-refractivity contribution in [3.8, 4) is 0 Å². The minimum Gasteiger partial charge on any atom is -0.450 e. The molecule has 1 aliphatic heterocycles. The molecule has 0 saturated carbocycles. The molecule has 0 aliphatic carbocycles. The summed E-state index contributed by atoms with van der Waals surface area (Å²) in [6, 6.07) is 0.236. The molecule has 1 fully saturated rings. The summed E-state index contributed by atoms with van der Waals surface area (Å²) in [5.74, 6) is 0.428. The normalized spacial score (nSPS) is 16.6. The fraction of sp³-hybridized carbons (Fsp3) is 0.857. The molecule has 0 aromatic carbocycles. The number of aliphatic hydroxyl groups is 1. The first-order valence-electron chi connectivity index (χ1n) is 7.84. The second-order valence-corrected chi connectivity index (χ2v) is 5.06. The molecular weight excluding hydrogens is 288 g/mol. The molecule has 1 rings (SSSR count). The van der Waals surface area contributed by atoms with Crippen LogP contribution in [0.4, 0.5) is 4.79 Å². The van der Waals surface area contributed by atoms with Crippen LogP contribution in [0.5, 0.6) is 0 Å². The number of hydrogen-bond acceptors (Lipinski definition) is 5. The van der Waals surface area contributed by atoms with Crippen molar-refractivity contribution in [1.29, 1.82) is 0 Å². The highest BCUT2D eigenvalue weighted by Gasteiger charge is 2.23. The number of nitrogens with two attached hydrogens (primary N) is 1. The van der Waals surface area contributed by atoms with Crippen molar-refractivity contribution >= 4 is 12.1 Å². The van der Waals surface area contributed by atoms with Gasteiger partial charge in [-0.2, -0.15) is 0 Å². The number of nitrogens with one attached hydrogen (secondary N) is 1. The second kappa shape index (κ2) is 11.1. The van der Waals surface area contributed by atoms with Gasteiger partial charge in [-0.15, -0.1) is 0 Å². The first kappa shape index (κ1) is 18.5. The molecule has 4 N–H and O–H groups in total. The smallest absolute Gasteiger partial charge is 0.409 e. The van der Waals surface area contributed by atoms with Crippen molar-refractivity contribution in [1.82, 2.24) is 10.2 Å². The van der Waals surface area contributed by atoms with Gasteiger partial charge in [-0.25, -0.2) is 4.79 Å².